The predicted molar refractivity (Wildman–Crippen MR) is 572 cm³/mol. The lowest BCUT2D eigenvalue weighted by Crippen LogP contribution is -2.27. The van der Waals surface area contributed by atoms with Crippen LogP contribution in [0.1, 0.15) is 234 Å². The summed E-state index contributed by atoms with van der Waals surface area (Å²) in [6.07, 6.45) is 16.9. The molecule has 0 atom stereocenters. The van der Waals surface area contributed by atoms with E-state index in [9.17, 15) is 19.2 Å². The van der Waals surface area contributed by atoms with Crippen LogP contribution in [0.2, 0.25) is 0 Å². The Morgan fingerprint density at radius 1 is 0.265 bits per heavy atom. The van der Waals surface area contributed by atoms with E-state index in [-0.39, 0.29) is 0 Å². The summed E-state index contributed by atoms with van der Waals surface area (Å²) in [6, 6.07) is 81.4. The van der Waals surface area contributed by atoms with E-state index in [2.05, 4.69) is 292 Å². The molecule has 0 saturated carbocycles. The van der Waals surface area contributed by atoms with Gasteiger partial charge in [0.05, 0.1) is 24.3 Å². The molecular weight excluding hydrogens is 1680 g/mol. The summed E-state index contributed by atoms with van der Waals surface area (Å²) in [7, 11) is 0. The topological polar surface area (TPSA) is 201 Å². The van der Waals surface area contributed by atoms with Crippen molar-refractivity contribution in [3.63, 3.8) is 0 Å². The highest BCUT2D eigenvalue weighted by Gasteiger charge is 2.26. The largest absolute Gasteiger partial charge is 0.462 e. The Kier molecular flexibility index (Phi) is 30.0. The van der Waals surface area contributed by atoms with Gasteiger partial charge in [0.2, 0.25) is 0 Å². The van der Waals surface area contributed by atoms with E-state index < -0.39 is 35.3 Å². The van der Waals surface area contributed by atoms with Crippen molar-refractivity contribution in [3.05, 3.63) is 297 Å². The molecule has 16 heteroatoms. The standard InChI is InChI=1S/C120H132N8O8/c1-15-17-19-21-23-25-27-29-55-133-115(129)84-61-94(69-96(63-84)127-117(131)135-119(9,10)11)123-73-88-59-82-65-104(102-53-35-43-79(7)110(102)113(82)108-77(5)41-33-51-100(88)108)125-92-47-37-45-90(67-92)121-71-86-57-81-58-87(99-50-32-40-76(4)107(99)112(81)106-75(3)39-31-49-98(86)106)72-122-91-46-38-48-93(68-91)126-105-66-83-60-89(101-52-34-42-78(6)109(101)114(83)111-80(8)44-36-54-103(105)111)74-124-95-62-85(64-97(70-95)128-118(132)136-120(12,13)14)116(130)134-56-30-28-26-24-22-20-18-16-2/h31-54,57-70,121-126H,15-30,55-56,71-74H2,1-14H3,(H,127,131)(H,128,132). The van der Waals surface area contributed by atoms with Crippen LogP contribution in [0.25, 0.3) is 97.0 Å². The number of esters is 2. The van der Waals surface area contributed by atoms with Gasteiger partial charge in [0.25, 0.3) is 0 Å². The lowest BCUT2D eigenvalue weighted by molar-refractivity contribution is 0.0488. The van der Waals surface area contributed by atoms with Gasteiger partial charge in [-0.1, -0.05) is 225 Å². The van der Waals surface area contributed by atoms with Crippen LogP contribution in [0, 0.1) is 41.5 Å². The van der Waals surface area contributed by atoms with Crippen LogP contribution >= 0.6 is 0 Å². The van der Waals surface area contributed by atoms with Crippen LogP contribution in [0.5, 0.6) is 0 Å². The Balaban J connectivity index is 0.652. The van der Waals surface area contributed by atoms with Crippen LogP contribution in [0.3, 0.4) is 0 Å². The number of unbranched alkanes of at least 4 members (excludes halogenated alkanes) is 14. The fourth-order valence-electron chi connectivity index (χ4n) is 19.8. The van der Waals surface area contributed by atoms with Gasteiger partial charge in [0.1, 0.15) is 11.2 Å². The van der Waals surface area contributed by atoms with E-state index in [1.807, 2.05) is 53.7 Å². The second-order valence-corrected chi connectivity index (χ2v) is 39.2. The minimum atomic E-state index is -0.728. The molecule has 0 fully saturated rings. The number of anilines is 10. The number of ether oxygens (including phenoxy) is 4. The van der Waals surface area contributed by atoms with Gasteiger partial charge in [-0.2, -0.15) is 0 Å². The third kappa shape index (κ3) is 22.7. The zero-order valence-corrected chi connectivity index (χ0v) is 81.8. The van der Waals surface area contributed by atoms with Crippen molar-refractivity contribution in [2.45, 2.75) is 237 Å². The first-order valence-corrected chi connectivity index (χ1v) is 49.1. The highest BCUT2D eigenvalue weighted by atomic mass is 16.6. The lowest BCUT2D eigenvalue weighted by atomic mass is 9.87. The number of nitrogens with one attached hydrogen (secondary N) is 8. The van der Waals surface area contributed by atoms with Crippen molar-refractivity contribution < 1.29 is 38.1 Å². The molecule has 0 saturated heterocycles. The number of amides is 2. The summed E-state index contributed by atoms with van der Waals surface area (Å²) in [5, 5.41) is 49.9. The smallest absolute Gasteiger partial charge is 0.412 e. The van der Waals surface area contributed by atoms with Crippen LogP contribution in [-0.2, 0) is 45.1 Å². The Labute approximate surface area is 801 Å². The predicted octanol–water partition coefficient (Wildman–Crippen LogP) is 33.1. The molecule has 0 heterocycles. The monoisotopic (exact) mass is 1810 g/mol. The van der Waals surface area contributed by atoms with Crippen LogP contribution in [0.15, 0.2) is 231 Å². The molecule has 0 aliphatic rings. The number of carbonyl (C=O) groups is 4. The molecule has 8 N–H and O–H groups in total. The van der Waals surface area contributed by atoms with Gasteiger partial charge in [0, 0.05) is 93.8 Å². The Morgan fingerprint density at radius 3 is 0.838 bits per heavy atom. The van der Waals surface area contributed by atoms with Crippen LogP contribution in [-0.4, -0.2) is 48.5 Å². The van der Waals surface area contributed by atoms with Crippen molar-refractivity contribution in [1.29, 1.82) is 0 Å². The highest BCUT2D eigenvalue weighted by Crippen LogP contribution is 2.47. The zero-order chi connectivity index (χ0) is 95.3. The normalized spacial score (nSPS) is 11.8. The number of rotatable bonds is 38. The summed E-state index contributed by atoms with van der Waals surface area (Å²) in [5.41, 5.74) is 18.8. The summed E-state index contributed by atoms with van der Waals surface area (Å²) in [4.78, 5) is 54.3. The molecule has 0 radical (unpaired) electrons. The molecule has 16 aromatic rings. The molecule has 2 amide bonds. The Morgan fingerprint density at radius 2 is 0.522 bits per heavy atom. The molecule has 0 spiro atoms. The summed E-state index contributed by atoms with van der Waals surface area (Å²) >= 11 is 0. The van der Waals surface area contributed by atoms with Crippen molar-refractivity contribution >= 4 is 178 Å². The van der Waals surface area contributed by atoms with E-state index in [0.717, 1.165) is 127 Å². The van der Waals surface area contributed by atoms with E-state index in [0.29, 0.717) is 73.3 Å². The summed E-state index contributed by atoms with van der Waals surface area (Å²) in [6.45, 7) is 31.3. The molecule has 0 unspecified atom stereocenters. The Bertz CT molecular complexity index is 6760. The zero-order valence-electron chi connectivity index (χ0n) is 81.8. The average molecular weight is 1810 g/mol. The maximum atomic E-state index is 13.9. The number of hydrogen-bond donors (Lipinski definition) is 8. The second kappa shape index (κ2) is 42.8. The summed E-state index contributed by atoms with van der Waals surface area (Å²) < 4.78 is 23.1. The van der Waals surface area contributed by atoms with E-state index >= 15 is 0 Å². The third-order valence-electron chi connectivity index (χ3n) is 26.2. The molecule has 136 heavy (non-hydrogen) atoms. The molecule has 16 aromatic carbocycles. The van der Waals surface area contributed by atoms with Gasteiger partial charge in [0.15, 0.2) is 0 Å². The second-order valence-electron chi connectivity index (χ2n) is 39.2. The van der Waals surface area contributed by atoms with Crippen molar-refractivity contribution in [2.24, 2.45) is 0 Å². The minimum absolute atomic E-state index is 0.322. The molecule has 0 aliphatic carbocycles. The first kappa shape index (κ1) is 95.3. The van der Waals surface area contributed by atoms with E-state index in [4.69, 9.17) is 18.9 Å². The maximum Gasteiger partial charge on any atom is 0.412 e. The molecule has 0 aromatic heterocycles. The molecule has 0 aliphatic heterocycles. The Hall–Kier alpha value is -13.9. The van der Waals surface area contributed by atoms with Gasteiger partial charge in [-0.3, -0.25) is 10.6 Å². The van der Waals surface area contributed by atoms with Crippen molar-refractivity contribution in [2.75, 3.05) is 55.7 Å². The lowest BCUT2D eigenvalue weighted by Gasteiger charge is -2.21. The van der Waals surface area contributed by atoms with Gasteiger partial charge in [-0.05, 0) is 347 Å². The van der Waals surface area contributed by atoms with E-state index in [1.165, 1.54) is 162 Å². The minimum Gasteiger partial charge on any atom is -0.462 e. The molecule has 16 rings (SSSR count). The number of hydrogen-bond acceptors (Lipinski definition) is 14. The van der Waals surface area contributed by atoms with Gasteiger partial charge < -0.3 is 50.8 Å². The maximum absolute atomic E-state index is 13.9. The molecular formula is C120H132N8O8. The number of aryl methyl sites for hydroxylation is 6. The van der Waals surface area contributed by atoms with Crippen molar-refractivity contribution in [3.8, 4) is 0 Å². The SMILES string of the molecule is CCCCCCCCCCOC(=O)c1cc(NCc2cc3cc(Nc4cccc(NCc5cc6cc(CNc7cccc(Nc8cc9cc(CNc%10cc(NC(=O)OC(C)(C)C)cc(C(=O)OCCCCCCCCCC)c%10)c%10cccc(C)c%10c9c9c(C)cccc89)c7)c7cccc(C)c7c6c6c(C)cccc56)c4)c4cccc(C)c4c3c3c(C)cccc23)cc(NC(=O)OC(C)(C)C)c1. The number of benzene rings is 16. The first-order chi connectivity index (χ1) is 65.7. The molecule has 0 bridgehead atoms. The average Bonchev–Trinajstić information content (AvgIpc) is 0.733. The highest BCUT2D eigenvalue weighted by molar-refractivity contribution is 6.28. The first-order valence-electron chi connectivity index (χ1n) is 49.1. The van der Waals surface area contributed by atoms with Crippen LogP contribution < -0.4 is 42.5 Å². The quantitative estimate of drug-likeness (QED) is 0.00786. The fourth-order valence-corrected chi connectivity index (χ4v) is 19.8. The molecule has 16 nitrogen and oxygen atoms in total. The van der Waals surface area contributed by atoms with Gasteiger partial charge >= 0.3 is 24.1 Å². The van der Waals surface area contributed by atoms with E-state index in [1.54, 1.807) is 24.3 Å². The fraction of sp³-hybridized carbons (Fsp3) is 0.317. The van der Waals surface area contributed by atoms with Gasteiger partial charge in [-0.25, -0.2) is 19.2 Å². The van der Waals surface area contributed by atoms with Crippen LogP contribution in [0.4, 0.5) is 66.5 Å². The summed E-state index contributed by atoms with van der Waals surface area (Å²) in [5.74, 6) is -0.891. The molecule has 700 valence electrons. The third-order valence-corrected chi connectivity index (χ3v) is 26.2. The number of carbonyl (C=O) groups excluding carboxylic acids is 4. The number of fused-ring (bicyclic) bond motifs is 15. The van der Waals surface area contributed by atoms with Gasteiger partial charge in [-0.15, -0.1) is 0 Å². The van der Waals surface area contributed by atoms with Crippen molar-refractivity contribution in [1.82, 2.24) is 0 Å².